The zero-order valence-corrected chi connectivity index (χ0v) is 12.7. The van der Waals surface area contributed by atoms with E-state index in [4.69, 9.17) is 0 Å². The summed E-state index contributed by atoms with van der Waals surface area (Å²) < 4.78 is 26.2. The van der Waals surface area contributed by atoms with Gasteiger partial charge in [0.15, 0.2) is 17.4 Å². The van der Waals surface area contributed by atoms with Gasteiger partial charge in [0.25, 0.3) is 0 Å². The highest BCUT2D eigenvalue weighted by Gasteiger charge is 2.25. The molecule has 0 atom stereocenters. The summed E-state index contributed by atoms with van der Waals surface area (Å²) in [7, 11) is 0. The Hall–Kier alpha value is -1.29. The molecule has 0 N–H and O–H groups in total. The molecule has 4 heteroatoms. The molecule has 1 saturated carbocycles. The smallest absolute Gasteiger partial charge is 0.176 e. The van der Waals surface area contributed by atoms with Gasteiger partial charge in [-0.1, -0.05) is 26.7 Å². The number of halogens is 2. The van der Waals surface area contributed by atoms with Crippen LogP contribution in [0.4, 0.5) is 8.78 Å². The van der Waals surface area contributed by atoms with E-state index < -0.39 is 11.6 Å². The van der Waals surface area contributed by atoms with Crippen molar-refractivity contribution in [2.24, 2.45) is 5.92 Å². The highest BCUT2D eigenvalue weighted by molar-refractivity contribution is 5.97. The summed E-state index contributed by atoms with van der Waals surface area (Å²) in [5.74, 6) is -1.54. The molecule has 0 heterocycles. The van der Waals surface area contributed by atoms with Crippen molar-refractivity contribution in [3.8, 4) is 0 Å². The van der Waals surface area contributed by atoms with E-state index in [1.54, 1.807) is 0 Å². The first-order valence-electron chi connectivity index (χ1n) is 7.69. The van der Waals surface area contributed by atoms with Crippen molar-refractivity contribution in [2.75, 3.05) is 13.1 Å². The number of benzene rings is 1. The number of hydrogen-bond donors (Lipinski definition) is 0. The fourth-order valence-corrected chi connectivity index (χ4v) is 3.03. The number of Topliss-reactive ketones (excluding diaryl/α,β-unsaturated/α-hetero) is 1. The predicted octanol–water partition coefficient (Wildman–Crippen LogP) is 4.05. The fraction of sp³-hybridized carbons (Fsp3) is 0.588. The van der Waals surface area contributed by atoms with Crippen LogP contribution >= 0.6 is 0 Å². The SMILES string of the molecule is CC(C)CN(CC(=O)c1ccc(F)c(F)c1)C1CCCC1. The number of rotatable bonds is 6. The molecule has 2 nitrogen and oxygen atoms in total. The maximum absolute atomic E-state index is 13.2. The van der Waals surface area contributed by atoms with Crippen LogP contribution in [0, 0.1) is 17.6 Å². The largest absolute Gasteiger partial charge is 0.293 e. The number of ketones is 1. The third-order valence-corrected chi connectivity index (χ3v) is 4.03. The van der Waals surface area contributed by atoms with Gasteiger partial charge in [0.05, 0.1) is 6.54 Å². The van der Waals surface area contributed by atoms with E-state index in [0.717, 1.165) is 31.5 Å². The van der Waals surface area contributed by atoms with E-state index in [1.807, 2.05) is 0 Å². The lowest BCUT2D eigenvalue weighted by Crippen LogP contribution is -2.40. The number of carbonyl (C=O) groups excluding carboxylic acids is 1. The van der Waals surface area contributed by atoms with Gasteiger partial charge in [-0.15, -0.1) is 0 Å². The molecule has 1 aliphatic carbocycles. The van der Waals surface area contributed by atoms with Crippen LogP contribution in [0.25, 0.3) is 0 Å². The van der Waals surface area contributed by atoms with Crippen LogP contribution in [0.1, 0.15) is 49.9 Å². The van der Waals surface area contributed by atoms with Crippen LogP contribution in [0.15, 0.2) is 18.2 Å². The standard InChI is InChI=1S/C17H23F2NO/c1-12(2)10-20(14-5-3-4-6-14)11-17(21)13-7-8-15(18)16(19)9-13/h7-9,12,14H,3-6,10-11H2,1-2H3. The minimum Gasteiger partial charge on any atom is -0.293 e. The minimum absolute atomic E-state index is 0.138. The molecular weight excluding hydrogens is 272 g/mol. The van der Waals surface area contributed by atoms with Gasteiger partial charge in [-0.25, -0.2) is 8.78 Å². The Morgan fingerprint density at radius 1 is 1.24 bits per heavy atom. The van der Waals surface area contributed by atoms with Gasteiger partial charge in [-0.2, -0.15) is 0 Å². The summed E-state index contributed by atoms with van der Waals surface area (Å²) >= 11 is 0. The van der Waals surface area contributed by atoms with Gasteiger partial charge in [-0.3, -0.25) is 9.69 Å². The summed E-state index contributed by atoms with van der Waals surface area (Å²) in [6, 6.07) is 3.83. The van der Waals surface area contributed by atoms with Crippen LogP contribution in [-0.4, -0.2) is 29.8 Å². The van der Waals surface area contributed by atoms with Crippen LogP contribution < -0.4 is 0 Å². The average Bonchev–Trinajstić information content (AvgIpc) is 2.94. The Morgan fingerprint density at radius 3 is 2.48 bits per heavy atom. The van der Waals surface area contributed by atoms with Gasteiger partial charge in [0.1, 0.15) is 0 Å². The molecule has 1 fully saturated rings. The molecule has 0 spiro atoms. The Morgan fingerprint density at radius 2 is 1.90 bits per heavy atom. The lowest BCUT2D eigenvalue weighted by atomic mass is 10.1. The maximum atomic E-state index is 13.2. The lowest BCUT2D eigenvalue weighted by Gasteiger charge is -2.29. The van der Waals surface area contributed by atoms with Gasteiger partial charge < -0.3 is 0 Å². The van der Waals surface area contributed by atoms with Crippen LogP contribution in [0.5, 0.6) is 0 Å². The summed E-state index contributed by atoms with van der Waals surface area (Å²) in [5.41, 5.74) is 0.251. The van der Waals surface area contributed by atoms with Crippen molar-refractivity contribution in [3.05, 3.63) is 35.4 Å². The van der Waals surface area contributed by atoms with Crippen LogP contribution in [0.2, 0.25) is 0 Å². The monoisotopic (exact) mass is 295 g/mol. The van der Waals surface area contributed by atoms with Gasteiger partial charge in [0, 0.05) is 18.2 Å². The van der Waals surface area contributed by atoms with E-state index in [1.165, 1.54) is 18.9 Å². The van der Waals surface area contributed by atoms with Gasteiger partial charge >= 0.3 is 0 Å². The molecule has 0 unspecified atom stereocenters. The first kappa shape index (κ1) is 16.1. The third kappa shape index (κ3) is 4.34. The summed E-state index contributed by atoms with van der Waals surface area (Å²) in [5, 5.41) is 0. The Labute approximate surface area is 125 Å². The third-order valence-electron chi connectivity index (χ3n) is 4.03. The quantitative estimate of drug-likeness (QED) is 0.738. The molecule has 0 bridgehead atoms. The Balaban J connectivity index is 2.07. The van der Waals surface area contributed by atoms with E-state index in [-0.39, 0.29) is 17.9 Å². The van der Waals surface area contributed by atoms with E-state index in [2.05, 4.69) is 18.7 Å². The first-order valence-corrected chi connectivity index (χ1v) is 7.69. The number of hydrogen-bond acceptors (Lipinski definition) is 2. The molecule has 2 rings (SSSR count). The van der Waals surface area contributed by atoms with Gasteiger partial charge in [0.2, 0.25) is 0 Å². The highest BCUT2D eigenvalue weighted by Crippen LogP contribution is 2.24. The Kier molecular flexibility index (Phi) is 5.45. The number of carbonyl (C=O) groups is 1. The molecule has 0 radical (unpaired) electrons. The van der Waals surface area contributed by atoms with Crippen LogP contribution in [0.3, 0.4) is 0 Å². The molecule has 0 amide bonds. The molecule has 0 aromatic heterocycles. The van der Waals surface area contributed by atoms with Gasteiger partial charge in [-0.05, 0) is 37.0 Å². The fourth-order valence-electron chi connectivity index (χ4n) is 3.03. The van der Waals surface area contributed by atoms with Crippen LogP contribution in [-0.2, 0) is 0 Å². The van der Waals surface area contributed by atoms with Crippen molar-refractivity contribution in [3.63, 3.8) is 0 Å². The average molecular weight is 295 g/mol. The van der Waals surface area contributed by atoms with E-state index in [0.29, 0.717) is 12.0 Å². The molecule has 0 saturated heterocycles. The van der Waals surface area contributed by atoms with E-state index in [9.17, 15) is 13.6 Å². The summed E-state index contributed by atoms with van der Waals surface area (Å²) in [6.45, 7) is 5.40. The van der Waals surface area contributed by atoms with Crippen molar-refractivity contribution < 1.29 is 13.6 Å². The maximum Gasteiger partial charge on any atom is 0.176 e. The molecule has 1 aromatic carbocycles. The number of nitrogens with zero attached hydrogens (tertiary/aromatic N) is 1. The van der Waals surface area contributed by atoms with Crippen molar-refractivity contribution >= 4 is 5.78 Å². The Bertz CT molecular complexity index is 496. The zero-order chi connectivity index (χ0) is 15.4. The molecular formula is C17H23F2NO. The normalized spacial score (nSPS) is 16.1. The first-order chi connectivity index (χ1) is 9.97. The minimum atomic E-state index is -0.961. The molecule has 1 aliphatic rings. The molecule has 1 aromatic rings. The summed E-state index contributed by atoms with van der Waals surface area (Å²) in [4.78, 5) is 14.5. The molecule has 116 valence electrons. The highest BCUT2D eigenvalue weighted by atomic mass is 19.2. The van der Waals surface area contributed by atoms with Crippen molar-refractivity contribution in [1.82, 2.24) is 4.90 Å². The second-order valence-electron chi connectivity index (χ2n) is 6.31. The molecule has 0 aliphatic heterocycles. The predicted molar refractivity (Wildman–Crippen MR) is 79.4 cm³/mol. The molecule has 21 heavy (non-hydrogen) atoms. The van der Waals surface area contributed by atoms with Crippen molar-refractivity contribution in [1.29, 1.82) is 0 Å². The van der Waals surface area contributed by atoms with E-state index >= 15 is 0 Å². The second kappa shape index (κ2) is 7.12. The topological polar surface area (TPSA) is 20.3 Å². The summed E-state index contributed by atoms with van der Waals surface area (Å²) in [6.07, 6.45) is 4.66. The lowest BCUT2D eigenvalue weighted by molar-refractivity contribution is 0.0876. The second-order valence-corrected chi connectivity index (χ2v) is 6.31. The zero-order valence-electron chi connectivity index (χ0n) is 12.7. The van der Waals surface area contributed by atoms with Crippen molar-refractivity contribution in [2.45, 2.75) is 45.6 Å².